The summed E-state index contributed by atoms with van der Waals surface area (Å²) in [5.74, 6) is -0.538. The number of hydrogen-bond acceptors (Lipinski definition) is 8. The first-order valence-electron chi connectivity index (χ1n) is 8.84. The van der Waals surface area contributed by atoms with Crippen molar-refractivity contribution in [1.29, 1.82) is 0 Å². The van der Waals surface area contributed by atoms with Crippen LogP contribution in [0.3, 0.4) is 0 Å². The molecule has 0 N–H and O–H groups in total. The van der Waals surface area contributed by atoms with Crippen molar-refractivity contribution in [3.05, 3.63) is 47.5 Å². The Kier molecular flexibility index (Phi) is 5.22. The monoisotopic (exact) mass is 466 g/mol. The number of fused-ring (bicyclic) bond motifs is 2. The highest BCUT2D eigenvalue weighted by molar-refractivity contribution is 7.94. The second kappa shape index (κ2) is 7.42. The molecule has 0 saturated carbocycles. The predicted octanol–water partition coefficient (Wildman–Crippen LogP) is 4.16. The van der Waals surface area contributed by atoms with Gasteiger partial charge in [-0.1, -0.05) is 12.1 Å². The zero-order chi connectivity index (χ0) is 20.8. The Balaban J connectivity index is 1.49. The fourth-order valence-electron chi connectivity index (χ4n) is 2.90. The number of thiazole rings is 2. The van der Waals surface area contributed by atoms with Crippen molar-refractivity contribution in [2.45, 2.75) is 28.9 Å². The SMILES string of the molecule is Cc1ccc2nc(S(=O)(=O)CCCS(=O)(=O)c3nc4ccc(C)cc4s3)sc2c1. The van der Waals surface area contributed by atoms with Crippen LogP contribution in [-0.4, -0.2) is 38.3 Å². The lowest BCUT2D eigenvalue weighted by molar-refractivity contribution is 0.589. The smallest absolute Gasteiger partial charge is 0.210 e. The van der Waals surface area contributed by atoms with Crippen molar-refractivity contribution in [3.63, 3.8) is 0 Å². The van der Waals surface area contributed by atoms with Crippen LogP contribution < -0.4 is 0 Å². The molecule has 0 aliphatic carbocycles. The van der Waals surface area contributed by atoms with Crippen molar-refractivity contribution in [2.24, 2.45) is 0 Å². The van der Waals surface area contributed by atoms with Crippen molar-refractivity contribution in [3.8, 4) is 0 Å². The van der Waals surface area contributed by atoms with E-state index in [4.69, 9.17) is 0 Å². The van der Waals surface area contributed by atoms with Gasteiger partial charge in [-0.2, -0.15) is 0 Å². The molecule has 4 rings (SSSR count). The normalized spacial score (nSPS) is 12.8. The number of nitrogens with zero attached hydrogens (tertiary/aromatic N) is 2. The van der Waals surface area contributed by atoms with Gasteiger partial charge in [0.1, 0.15) is 0 Å². The van der Waals surface area contributed by atoms with E-state index in [1.165, 1.54) is 0 Å². The maximum Gasteiger partial charge on any atom is 0.210 e. The van der Waals surface area contributed by atoms with Gasteiger partial charge in [-0.05, 0) is 55.7 Å². The van der Waals surface area contributed by atoms with Crippen LogP contribution in [-0.2, 0) is 19.7 Å². The van der Waals surface area contributed by atoms with Crippen molar-refractivity contribution >= 4 is 62.8 Å². The van der Waals surface area contributed by atoms with E-state index in [1.54, 1.807) is 12.1 Å². The van der Waals surface area contributed by atoms with E-state index in [-0.39, 0.29) is 26.6 Å². The molecule has 0 atom stereocenters. The van der Waals surface area contributed by atoms with Crippen LogP contribution in [0.25, 0.3) is 20.4 Å². The van der Waals surface area contributed by atoms with Gasteiger partial charge in [-0.3, -0.25) is 0 Å². The van der Waals surface area contributed by atoms with Gasteiger partial charge in [-0.15, -0.1) is 22.7 Å². The van der Waals surface area contributed by atoms with Gasteiger partial charge < -0.3 is 0 Å². The van der Waals surface area contributed by atoms with E-state index in [0.29, 0.717) is 11.0 Å². The molecule has 0 aliphatic heterocycles. The fourth-order valence-corrected chi connectivity index (χ4v) is 8.60. The third-order valence-electron chi connectivity index (χ3n) is 4.41. The molecule has 0 fully saturated rings. The number of sulfone groups is 2. The quantitative estimate of drug-likeness (QED) is 0.423. The molecule has 152 valence electrons. The Bertz CT molecular complexity index is 1320. The highest BCUT2D eigenvalue weighted by Gasteiger charge is 2.24. The molecule has 0 bridgehead atoms. The lowest BCUT2D eigenvalue weighted by Gasteiger charge is -2.01. The molecule has 2 aromatic carbocycles. The molecule has 6 nitrogen and oxygen atoms in total. The van der Waals surface area contributed by atoms with Gasteiger partial charge in [0.15, 0.2) is 0 Å². The average Bonchev–Trinajstić information content (AvgIpc) is 3.25. The molecule has 0 aliphatic rings. The summed E-state index contributed by atoms with van der Waals surface area (Å²) in [6.07, 6.45) is -0.00538. The maximum atomic E-state index is 12.6. The summed E-state index contributed by atoms with van der Waals surface area (Å²) in [7, 11) is -7.29. The van der Waals surface area contributed by atoms with Crippen LogP contribution in [0, 0.1) is 13.8 Å². The largest absolute Gasteiger partial charge is 0.225 e. The lowest BCUT2D eigenvalue weighted by atomic mass is 10.2. The third-order valence-corrected chi connectivity index (χ3v) is 11.0. The predicted molar refractivity (Wildman–Crippen MR) is 117 cm³/mol. The number of aryl methyl sites for hydroxylation is 2. The number of rotatable bonds is 6. The summed E-state index contributed by atoms with van der Waals surface area (Å²) in [6.45, 7) is 3.86. The molecule has 2 aromatic heterocycles. The van der Waals surface area contributed by atoms with Gasteiger partial charge in [0, 0.05) is 0 Å². The van der Waals surface area contributed by atoms with Gasteiger partial charge in [0.25, 0.3) is 0 Å². The summed E-state index contributed by atoms with van der Waals surface area (Å²) in [4.78, 5) is 8.41. The van der Waals surface area contributed by atoms with Crippen molar-refractivity contribution in [2.75, 3.05) is 11.5 Å². The van der Waals surface area contributed by atoms with Crippen molar-refractivity contribution in [1.82, 2.24) is 9.97 Å². The van der Waals surface area contributed by atoms with Crippen LogP contribution in [0.1, 0.15) is 17.5 Å². The molecule has 0 unspecified atom stereocenters. The molecule has 0 radical (unpaired) electrons. The average molecular weight is 467 g/mol. The molecule has 0 spiro atoms. The van der Waals surface area contributed by atoms with Gasteiger partial charge in [0.05, 0.1) is 31.9 Å². The zero-order valence-electron chi connectivity index (χ0n) is 15.7. The van der Waals surface area contributed by atoms with E-state index < -0.39 is 19.7 Å². The molecular weight excluding hydrogens is 448 g/mol. The van der Waals surface area contributed by atoms with E-state index in [2.05, 4.69) is 9.97 Å². The second-order valence-corrected chi connectivity index (χ2v) is 13.5. The molecule has 4 aromatic rings. The molecule has 10 heteroatoms. The van der Waals surface area contributed by atoms with Crippen molar-refractivity contribution < 1.29 is 16.8 Å². The van der Waals surface area contributed by atoms with E-state index in [0.717, 1.165) is 43.2 Å². The first-order chi connectivity index (χ1) is 13.6. The van der Waals surface area contributed by atoms with Crippen LogP contribution in [0.5, 0.6) is 0 Å². The number of hydrogen-bond donors (Lipinski definition) is 0. The Morgan fingerprint density at radius 1 is 0.724 bits per heavy atom. The van der Waals surface area contributed by atoms with Gasteiger partial charge >= 0.3 is 0 Å². The molecule has 29 heavy (non-hydrogen) atoms. The van der Waals surface area contributed by atoms with Crippen LogP contribution in [0.2, 0.25) is 0 Å². The fraction of sp³-hybridized carbons (Fsp3) is 0.263. The number of aromatic nitrogens is 2. The standard InChI is InChI=1S/C19H18N2O4S4/c1-12-4-6-14-16(10-12)26-18(20-14)28(22,23)8-3-9-29(24,25)19-21-15-7-5-13(2)11-17(15)27-19/h4-7,10-11H,3,8-9H2,1-2H3. The first-order valence-corrected chi connectivity index (χ1v) is 13.8. The Morgan fingerprint density at radius 2 is 1.14 bits per heavy atom. The Labute approximate surface area is 177 Å². The molecular formula is C19H18N2O4S4. The highest BCUT2D eigenvalue weighted by atomic mass is 32.2. The third kappa shape index (κ3) is 4.20. The van der Waals surface area contributed by atoms with Gasteiger partial charge in [0.2, 0.25) is 28.4 Å². The summed E-state index contributed by atoms with van der Waals surface area (Å²) in [5, 5.41) is 0. The van der Waals surface area contributed by atoms with Crippen LogP contribution in [0.4, 0.5) is 0 Å². The minimum Gasteiger partial charge on any atom is -0.225 e. The summed E-state index contributed by atoms with van der Waals surface area (Å²) in [6, 6.07) is 11.1. The Hall–Kier alpha value is -1.88. The summed E-state index contributed by atoms with van der Waals surface area (Å²) < 4.78 is 52.2. The molecule has 0 amide bonds. The highest BCUT2D eigenvalue weighted by Crippen LogP contribution is 2.29. The number of benzene rings is 2. The zero-order valence-corrected chi connectivity index (χ0v) is 19.0. The van der Waals surface area contributed by atoms with E-state index in [1.807, 2.05) is 38.1 Å². The van der Waals surface area contributed by atoms with E-state index in [9.17, 15) is 16.8 Å². The van der Waals surface area contributed by atoms with Crippen LogP contribution >= 0.6 is 22.7 Å². The Morgan fingerprint density at radius 3 is 1.55 bits per heavy atom. The van der Waals surface area contributed by atoms with Gasteiger partial charge in [-0.25, -0.2) is 26.8 Å². The topological polar surface area (TPSA) is 94.1 Å². The lowest BCUT2D eigenvalue weighted by Crippen LogP contribution is -2.13. The molecule has 0 saturated heterocycles. The second-order valence-electron chi connectivity index (χ2n) is 6.89. The first kappa shape index (κ1) is 20.4. The minimum absolute atomic E-state index is 0.00538. The summed E-state index contributed by atoms with van der Waals surface area (Å²) in [5.41, 5.74) is 3.33. The molecule has 2 heterocycles. The van der Waals surface area contributed by atoms with E-state index >= 15 is 0 Å². The summed E-state index contributed by atoms with van der Waals surface area (Å²) >= 11 is 2.24. The van der Waals surface area contributed by atoms with Crippen LogP contribution in [0.15, 0.2) is 45.1 Å². The maximum absolute atomic E-state index is 12.6. The minimum atomic E-state index is -3.64.